The molecule has 0 saturated carbocycles. The molecule has 3 N–H and O–H groups in total. The highest BCUT2D eigenvalue weighted by molar-refractivity contribution is 8.00. The highest BCUT2D eigenvalue weighted by Gasteiger charge is 2.13. The van der Waals surface area contributed by atoms with Gasteiger partial charge in [0.05, 0.1) is 5.75 Å². The number of ether oxygens (including phenoxy) is 1. The molecule has 0 amide bonds. The Balaban J connectivity index is 1.32. The van der Waals surface area contributed by atoms with Gasteiger partial charge < -0.3 is 15.8 Å². The molecule has 0 aliphatic heterocycles. The number of aryl methyl sites for hydroxylation is 3. The number of thioether (sulfide) groups is 1. The lowest BCUT2D eigenvalue weighted by Gasteiger charge is -2.10. The summed E-state index contributed by atoms with van der Waals surface area (Å²) in [5.74, 6) is 0.589. The first-order valence-corrected chi connectivity index (χ1v) is 10.8. The highest BCUT2D eigenvalue weighted by Crippen LogP contribution is 2.27. The van der Waals surface area contributed by atoms with Crippen molar-refractivity contribution in [1.82, 2.24) is 15.0 Å². The fourth-order valence-corrected chi connectivity index (χ4v) is 4.12. The van der Waals surface area contributed by atoms with Gasteiger partial charge in [-0.3, -0.25) is 4.79 Å². The third-order valence-electron chi connectivity index (χ3n) is 4.88. The van der Waals surface area contributed by atoms with Crippen LogP contribution in [-0.4, -0.2) is 26.7 Å². The Labute approximate surface area is 179 Å². The van der Waals surface area contributed by atoms with Crippen molar-refractivity contribution in [3.63, 3.8) is 0 Å². The number of carbonyl (C=O) groups excluding carboxylic acids is 1. The first kappa shape index (κ1) is 20.2. The van der Waals surface area contributed by atoms with Crippen molar-refractivity contribution in [2.75, 3.05) is 16.8 Å². The van der Waals surface area contributed by atoms with Crippen LogP contribution in [-0.2, 0) is 29.0 Å². The minimum atomic E-state index is -0.326. The van der Waals surface area contributed by atoms with Gasteiger partial charge in [0.15, 0.2) is 12.4 Å². The second-order valence-electron chi connectivity index (χ2n) is 7.11. The lowest BCUT2D eigenvalue weighted by molar-refractivity contribution is -0.141. The normalized spacial score (nSPS) is 12.4. The van der Waals surface area contributed by atoms with E-state index in [1.807, 2.05) is 31.2 Å². The van der Waals surface area contributed by atoms with Gasteiger partial charge in [0.25, 0.3) is 0 Å². The van der Waals surface area contributed by atoms with Gasteiger partial charge in [0.2, 0.25) is 11.9 Å². The maximum Gasteiger partial charge on any atom is 0.316 e. The third-order valence-corrected chi connectivity index (χ3v) is 5.85. The molecule has 4 rings (SSSR count). The Bertz CT molecular complexity index is 1070. The van der Waals surface area contributed by atoms with Gasteiger partial charge in [-0.15, -0.1) is 11.8 Å². The van der Waals surface area contributed by atoms with Gasteiger partial charge in [0, 0.05) is 10.6 Å². The number of hydrogen-bond donors (Lipinski definition) is 2. The molecule has 0 fully saturated rings. The number of esters is 1. The van der Waals surface area contributed by atoms with Crippen LogP contribution in [0.5, 0.6) is 0 Å². The number of carbonyl (C=O) groups is 1. The summed E-state index contributed by atoms with van der Waals surface area (Å²) in [4.78, 5) is 25.7. The number of benzene rings is 2. The summed E-state index contributed by atoms with van der Waals surface area (Å²) >= 11 is 1.47. The van der Waals surface area contributed by atoms with Gasteiger partial charge in [-0.05, 0) is 61.1 Å². The summed E-state index contributed by atoms with van der Waals surface area (Å²) in [6.07, 6.45) is 3.48. The number of nitrogens with zero attached hydrogens (tertiary/aromatic N) is 3. The fraction of sp³-hybridized carbons (Fsp3) is 0.273. The van der Waals surface area contributed by atoms with E-state index in [0.29, 0.717) is 11.8 Å². The molecule has 3 aromatic rings. The number of para-hydroxylation sites is 1. The van der Waals surface area contributed by atoms with Crippen LogP contribution in [0.2, 0.25) is 0 Å². The molecule has 0 unspecified atom stereocenters. The smallest absolute Gasteiger partial charge is 0.316 e. The van der Waals surface area contributed by atoms with Crippen LogP contribution in [0.3, 0.4) is 0 Å². The zero-order valence-electron chi connectivity index (χ0n) is 16.7. The summed E-state index contributed by atoms with van der Waals surface area (Å²) < 4.78 is 5.33. The molecule has 1 aliphatic rings. The minimum absolute atomic E-state index is 0.0568. The first-order valence-electron chi connectivity index (χ1n) is 9.80. The Morgan fingerprint density at radius 1 is 1.13 bits per heavy atom. The molecule has 8 heteroatoms. The van der Waals surface area contributed by atoms with E-state index < -0.39 is 0 Å². The number of hydrogen-bond acceptors (Lipinski definition) is 8. The van der Waals surface area contributed by atoms with E-state index in [-0.39, 0.29) is 24.3 Å². The quantitative estimate of drug-likeness (QED) is 0.438. The van der Waals surface area contributed by atoms with E-state index in [9.17, 15) is 4.79 Å². The van der Waals surface area contributed by atoms with Crippen molar-refractivity contribution < 1.29 is 9.53 Å². The molecular formula is C22H23N5O2S. The molecule has 0 bridgehead atoms. The molecule has 2 aromatic carbocycles. The molecule has 1 aromatic heterocycles. The van der Waals surface area contributed by atoms with Crippen LogP contribution in [0.25, 0.3) is 0 Å². The summed E-state index contributed by atoms with van der Waals surface area (Å²) in [5, 5.41) is 3.12. The Morgan fingerprint density at radius 2 is 1.97 bits per heavy atom. The predicted octanol–water partition coefficient (Wildman–Crippen LogP) is 3.83. The molecular weight excluding hydrogens is 398 g/mol. The zero-order chi connectivity index (χ0) is 20.9. The van der Waals surface area contributed by atoms with Crippen molar-refractivity contribution in [2.24, 2.45) is 0 Å². The first-order chi connectivity index (χ1) is 14.6. The average Bonchev–Trinajstić information content (AvgIpc) is 3.20. The maximum atomic E-state index is 12.2. The van der Waals surface area contributed by atoms with Crippen LogP contribution in [0.1, 0.15) is 28.9 Å². The van der Waals surface area contributed by atoms with Crippen molar-refractivity contribution in [2.45, 2.75) is 37.7 Å². The fourth-order valence-electron chi connectivity index (χ4n) is 3.36. The minimum Gasteiger partial charge on any atom is -0.457 e. The standard InChI is InChI=1S/C22H23N5O2S/c1-14-5-2-3-8-18(14)24-22-26-19(25-21(23)27-22)12-29-20(28)13-30-17-10-9-15-6-4-7-16(15)11-17/h2-3,5,8-11H,4,6-7,12-13H2,1H3,(H3,23,24,25,26,27). The van der Waals surface area contributed by atoms with Crippen molar-refractivity contribution in [1.29, 1.82) is 0 Å². The van der Waals surface area contributed by atoms with Crippen molar-refractivity contribution in [3.8, 4) is 0 Å². The lowest BCUT2D eigenvalue weighted by Crippen LogP contribution is -2.12. The molecule has 1 aliphatic carbocycles. The van der Waals surface area contributed by atoms with Gasteiger partial charge in [-0.2, -0.15) is 15.0 Å². The van der Waals surface area contributed by atoms with Crippen LogP contribution < -0.4 is 11.1 Å². The average molecular weight is 422 g/mol. The van der Waals surface area contributed by atoms with Crippen LogP contribution in [0.15, 0.2) is 47.4 Å². The number of nitrogen functional groups attached to an aromatic ring is 1. The maximum absolute atomic E-state index is 12.2. The van der Waals surface area contributed by atoms with E-state index in [1.165, 1.54) is 29.3 Å². The second-order valence-corrected chi connectivity index (χ2v) is 8.16. The Hall–Kier alpha value is -3.13. The summed E-state index contributed by atoms with van der Waals surface area (Å²) in [5.41, 5.74) is 10.5. The molecule has 0 radical (unpaired) electrons. The molecule has 0 atom stereocenters. The van der Waals surface area contributed by atoms with Crippen molar-refractivity contribution in [3.05, 3.63) is 65.0 Å². The number of fused-ring (bicyclic) bond motifs is 1. The van der Waals surface area contributed by atoms with Gasteiger partial charge in [0.1, 0.15) is 0 Å². The second kappa shape index (κ2) is 9.13. The summed E-state index contributed by atoms with van der Waals surface area (Å²) in [6.45, 7) is 1.92. The topological polar surface area (TPSA) is 103 Å². The van der Waals surface area contributed by atoms with Crippen LogP contribution in [0, 0.1) is 6.92 Å². The molecule has 7 nitrogen and oxygen atoms in total. The number of nitrogens with two attached hydrogens (primary N) is 1. The molecule has 0 spiro atoms. The molecule has 154 valence electrons. The number of nitrogens with one attached hydrogen (secondary N) is 1. The van der Waals surface area contributed by atoms with E-state index in [4.69, 9.17) is 10.5 Å². The van der Waals surface area contributed by atoms with E-state index >= 15 is 0 Å². The van der Waals surface area contributed by atoms with E-state index in [2.05, 4.69) is 38.5 Å². The molecule has 30 heavy (non-hydrogen) atoms. The van der Waals surface area contributed by atoms with Crippen LogP contribution >= 0.6 is 11.8 Å². The summed E-state index contributed by atoms with van der Waals surface area (Å²) in [6, 6.07) is 14.2. The van der Waals surface area contributed by atoms with Gasteiger partial charge >= 0.3 is 5.97 Å². The summed E-state index contributed by atoms with van der Waals surface area (Å²) in [7, 11) is 0. The zero-order valence-corrected chi connectivity index (χ0v) is 17.5. The highest BCUT2D eigenvalue weighted by atomic mass is 32.2. The lowest BCUT2D eigenvalue weighted by atomic mass is 10.1. The molecule has 0 saturated heterocycles. The number of aromatic nitrogens is 3. The van der Waals surface area contributed by atoms with Crippen molar-refractivity contribution >= 4 is 35.3 Å². The largest absolute Gasteiger partial charge is 0.457 e. The van der Waals surface area contributed by atoms with E-state index in [1.54, 1.807) is 0 Å². The third kappa shape index (κ3) is 5.07. The number of rotatable bonds is 7. The van der Waals surface area contributed by atoms with Gasteiger partial charge in [-0.25, -0.2) is 0 Å². The van der Waals surface area contributed by atoms with Crippen LogP contribution in [0.4, 0.5) is 17.6 Å². The monoisotopic (exact) mass is 421 g/mol. The van der Waals surface area contributed by atoms with Gasteiger partial charge in [-0.1, -0.05) is 24.3 Å². The van der Waals surface area contributed by atoms with E-state index in [0.717, 1.165) is 29.0 Å². The Morgan fingerprint density at radius 3 is 2.83 bits per heavy atom. The predicted molar refractivity (Wildman–Crippen MR) is 118 cm³/mol. The number of anilines is 3. The Kier molecular flexibility index (Phi) is 6.13. The molecule has 1 heterocycles. The SMILES string of the molecule is Cc1ccccc1Nc1nc(N)nc(COC(=O)CSc2ccc3c(c2)CCC3)n1.